The Morgan fingerprint density at radius 3 is 2.42 bits per heavy atom. The first kappa shape index (κ1) is 15.4. The number of carboxylic acids is 1. The van der Waals surface area contributed by atoms with Crippen molar-refractivity contribution in [2.24, 2.45) is 0 Å². The average molecular weight is 264 g/mol. The van der Waals surface area contributed by atoms with Crippen LogP contribution in [0.2, 0.25) is 0 Å². The molecule has 0 aromatic heterocycles. The molecular weight excluding hydrogens is 244 g/mol. The van der Waals surface area contributed by atoms with Crippen LogP contribution in [0.3, 0.4) is 0 Å². The molecule has 4 heteroatoms. The predicted molar refractivity (Wildman–Crippen MR) is 73.9 cm³/mol. The molecule has 0 amide bonds. The molecule has 0 saturated carbocycles. The lowest BCUT2D eigenvalue weighted by atomic mass is 9.90. The molecule has 1 rings (SSSR count). The molecule has 0 unspecified atom stereocenters. The summed E-state index contributed by atoms with van der Waals surface area (Å²) in [6, 6.07) is 1.85. The topological polar surface area (TPSA) is 77.8 Å². The van der Waals surface area contributed by atoms with Crippen LogP contribution >= 0.6 is 0 Å². The van der Waals surface area contributed by atoms with Crippen molar-refractivity contribution in [1.82, 2.24) is 0 Å². The van der Waals surface area contributed by atoms with Crippen molar-refractivity contribution >= 4 is 12.0 Å². The van der Waals surface area contributed by atoms with Gasteiger partial charge in [-0.2, -0.15) is 0 Å². The highest BCUT2D eigenvalue weighted by Crippen LogP contribution is 2.25. The Labute approximate surface area is 113 Å². The summed E-state index contributed by atoms with van der Waals surface area (Å²) in [5.41, 5.74) is 4.58. The molecule has 0 radical (unpaired) electrons. The van der Waals surface area contributed by atoms with Gasteiger partial charge in [-0.3, -0.25) is 0 Å². The second kappa shape index (κ2) is 6.50. The van der Waals surface area contributed by atoms with Crippen LogP contribution in [-0.2, 0) is 17.8 Å². The van der Waals surface area contributed by atoms with Crippen LogP contribution in [0, 0.1) is 13.8 Å². The second-order valence-electron chi connectivity index (χ2n) is 4.63. The maximum absolute atomic E-state index is 10.9. The van der Waals surface area contributed by atoms with E-state index in [0.29, 0.717) is 12.0 Å². The summed E-state index contributed by atoms with van der Waals surface area (Å²) in [5, 5.41) is 27.5. The van der Waals surface area contributed by atoms with Crippen molar-refractivity contribution in [1.29, 1.82) is 0 Å². The molecule has 0 spiro atoms. The Morgan fingerprint density at radius 2 is 1.95 bits per heavy atom. The highest BCUT2D eigenvalue weighted by molar-refractivity contribution is 5.92. The van der Waals surface area contributed by atoms with E-state index < -0.39 is 5.97 Å². The van der Waals surface area contributed by atoms with Crippen molar-refractivity contribution in [3.05, 3.63) is 39.5 Å². The summed E-state index contributed by atoms with van der Waals surface area (Å²) in [5.74, 6) is -0.979. The van der Waals surface area contributed by atoms with Gasteiger partial charge < -0.3 is 15.3 Å². The molecule has 104 valence electrons. The fourth-order valence-corrected chi connectivity index (χ4v) is 2.23. The Bertz CT molecular complexity index is 515. The van der Waals surface area contributed by atoms with Crippen molar-refractivity contribution in [2.75, 3.05) is 6.61 Å². The lowest BCUT2D eigenvalue weighted by molar-refractivity contribution is -0.132. The first-order chi connectivity index (χ1) is 8.92. The van der Waals surface area contributed by atoms with Crippen molar-refractivity contribution < 1.29 is 20.1 Å². The third-order valence-corrected chi connectivity index (χ3v) is 3.30. The molecule has 0 fully saturated rings. The third kappa shape index (κ3) is 3.43. The number of benzene rings is 1. The average Bonchev–Trinajstić information content (AvgIpc) is 2.37. The van der Waals surface area contributed by atoms with E-state index in [0.717, 1.165) is 22.3 Å². The zero-order valence-corrected chi connectivity index (χ0v) is 11.5. The van der Waals surface area contributed by atoms with Crippen LogP contribution < -0.4 is 0 Å². The highest BCUT2D eigenvalue weighted by atomic mass is 16.4. The van der Waals surface area contributed by atoms with Gasteiger partial charge in [-0.05, 0) is 61.1 Å². The van der Waals surface area contributed by atoms with Crippen LogP contribution in [0.15, 0.2) is 11.6 Å². The highest BCUT2D eigenvalue weighted by Gasteiger charge is 2.12. The summed E-state index contributed by atoms with van der Waals surface area (Å²) >= 11 is 0. The Kier molecular flexibility index (Phi) is 5.27. The van der Waals surface area contributed by atoms with Crippen LogP contribution in [0.4, 0.5) is 0 Å². The summed E-state index contributed by atoms with van der Waals surface area (Å²) < 4.78 is 0. The van der Waals surface area contributed by atoms with E-state index >= 15 is 0 Å². The molecule has 1 aromatic carbocycles. The lowest BCUT2D eigenvalue weighted by Crippen LogP contribution is -2.05. The Morgan fingerprint density at radius 1 is 1.32 bits per heavy atom. The molecule has 0 saturated heterocycles. The van der Waals surface area contributed by atoms with Gasteiger partial charge >= 0.3 is 5.97 Å². The van der Waals surface area contributed by atoms with Gasteiger partial charge in [-0.25, -0.2) is 4.79 Å². The number of aliphatic hydroxyl groups excluding tert-OH is 2. The number of rotatable bonds is 5. The number of carbonyl (C=O) groups is 1. The minimum Gasteiger partial charge on any atom is -0.478 e. The number of aliphatic hydroxyl groups is 2. The molecule has 3 N–H and O–H groups in total. The van der Waals surface area contributed by atoms with Crippen LogP contribution in [-0.4, -0.2) is 27.9 Å². The Balaban J connectivity index is 3.47. The Hall–Kier alpha value is -1.65. The molecular formula is C15H20O4. The fraction of sp³-hybridized carbons (Fsp3) is 0.400. The summed E-state index contributed by atoms with van der Waals surface area (Å²) in [4.78, 5) is 10.9. The maximum Gasteiger partial charge on any atom is 0.331 e. The van der Waals surface area contributed by atoms with Gasteiger partial charge in [-0.1, -0.05) is 6.07 Å². The second-order valence-corrected chi connectivity index (χ2v) is 4.63. The van der Waals surface area contributed by atoms with Crippen molar-refractivity contribution in [3.63, 3.8) is 0 Å². The van der Waals surface area contributed by atoms with Gasteiger partial charge in [0.1, 0.15) is 0 Å². The standard InChI is InChI=1S/C15H20O4/c1-9-6-12(8-17)14(7-10(2)15(18)19)11(3)13(9)4-5-16/h6-7,16-17H,4-5,8H2,1-3H3,(H,18,19). The predicted octanol–water partition coefficient (Wildman–Crippen LogP) is 1.82. The summed E-state index contributed by atoms with van der Waals surface area (Å²) in [6.07, 6.45) is 2.10. The minimum absolute atomic E-state index is 0.0429. The van der Waals surface area contributed by atoms with E-state index in [4.69, 9.17) is 10.2 Å². The zero-order valence-electron chi connectivity index (χ0n) is 11.5. The normalized spacial score (nSPS) is 11.7. The first-order valence-corrected chi connectivity index (χ1v) is 6.17. The molecule has 0 aliphatic carbocycles. The van der Waals surface area contributed by atoms with E-state index in [1.807, 2.05) is 19.9 Å². The first-order valence-electron chi connectivity index (χ1n) is 6.17. The van der Waals surface area contributed by atoms with E-state index in [2.05, 4.69) is 0 Å². The molecule has 0 atom stereocenters. The fourth-order valence-electron chi connectivity index (χ4n) is 2.23. The SMILES string of the molecule is CC(=Cc1c(CO)cc(C)c(CCO)c1C)C(=O)O. The number of aryl methyl sites for hydroxylation is 1. The van der Waals surface area contributed by atoms with Gasteiger partial charge in [0, 0.05) is 12.2 Å². The lowest BCUT2D eigenvalue weighted by Gasteiger charge is -2.16. The zero-order chi connectivity index (χ0) is 14.6. The van der Waals surface area contributed by atoms with Gasteiger partial charge in [0.25, 0.3) is 0 Å². The van der Waals surface area contributed by atoms with Gasteiger partial charge in [0.2, 0.25) is 0 Å². The minimum atomic E-state index is -0.979. The summed E-state index contributed by atoms with van der Waals surface area (Å²) in [7, 11) is 0. The van der Waals surface area contributed by atoms with Crippen LogP contribution in [0.1, 0.15) is 34.7 Å². The largest absolute Gasteiger partial charge is 0.478 e. The molecule has 0 bridgehead atoms. The van der Waals surface area contributed by atoms with E-state index in [9.17, 15) is 9.90 Å². The number of aliphatic carboxylic acids is 1. The number of hydrogen-bond acceptors (Lipinski definition) is 3. The smallest absolute Gasteiger partial charge is 0.331 e. The van der Waals surface area contributed by atoms with E-state index in [-0.39, 0.29) is 18.8 Å². The summed E-state index contributed by atoms with van der Waals surface area (Å²) in [6.45, 7) is 5.24. The van der Waals surface area contributed by atoms with Crippen molar-refractivity contribution in [3.8, 4) is 0 Å². The molecule has 0 aliphatic rings. The molecule has 0 heterocycles. The maximum atomic E-state index is 10.9. The van der Waals surface area contributed by atoms with E-state index in [1.54, 1.807) is 6.08 Å². The quantitative estimate of drug-likeness (QED) is 0.709. The van der Waals surface area contributed by atoms with E-state index in [1.165, 1.54) is 6.92 Å². The third-order valence-electron chi connectivity index (χ3n) is 3.30. The van der Waals surface area contributed by atoms with Crippen molar-refractivity contribution in [2.45, 2.75) is 33.8 Å². The number of carboxylic acid groups (broad SMARTS) is 1. The molecule has 1 aromatic rings. The van der Waals surface area contributed by atoms with Gasteiger partial charge in [0.05, 0.1) is 6.61 Å². The molecule has 0 aliphatic heterocycles. The van der Waals surface area contributed by atoms with Gasteiger partial charge in [0.15, 0.2) is 0 Å². The molecule has 19 heavy (non-hydrogen) atoms. The van der Waals surface area contributed by atoms with Crippen LogP contribution in [0.5, 0.6) is 0 Å². The monoisotopic (exact) mass is 264 g/mol. The van der Waals surface area contributed by atoms with Gasteiger partial charge in [-0.15, -0.1) is 0 Å². The number of hydrogen-bond donors (Lipinski definition) is 3. The van der Waals surface area contributed by atoms with Crippen LogP contribution in [0.25, 0.3) is 6.08 Å². The molecule has 4 nitrogen and oxygen atoms in total.